The number of carbonyl (C=O) groups excluding carboxylic acids is 2. The smallest absolute Gasteiger partial charge is 0.407 e. The molecule has 21 heavy (non-hydrogen) atoms. The average molecular weight is 294 g/mol. The number of ether oxygens (including phenoxy) is 1. The lowest BCUT2D eigenvalue weighted by molar-refractivity contribution is -0.145. The fourth-order valence-corrected chi connectivity index (χ4v) is 3.85. The summed E-state index contributed by atoms with van der Waals surface area (Å²) in [6, 6.07) is 0.396. The Morgan fingerprint density at radius 2 is 1.95 bits per heavy atom. The van der Waals surface area contributed by atoms with Crippen LogP contribution in [0.4, 0.5) is 4.79 Å². The van der Waals surface area contributed by atoms with E-state index in [0.717, 1.165) is 25.7 Å². The standard InChI is InChI=1S/C16H26N2O3/c1-15(2,3)11-5-12(6-11)18(4)13(19)10-7-16(8-10)9-21-14(20)17-16/h10-12H,5-9H2,1-4H3,(H,17,20)/t10-,11-,12-,16+. The Morgan fingerprint density at radius 3 is 2.43 bits per heavy atom. The SMILES string of the molecule is CN(C(=O)[C@H]1C[C@]2(COC(=O)N2)C1)[C@H]1C[C@H](C(C)(C)C)C1. The first-order chi connectivity index (χ1) is 9.70. The zero-order valence-corrected chi connectivity index (χ0v) is 13.4. The monoisotopic (exact) mass is 294 g/mol. The van der Waals surface area contributed by atoms with Crippen LogP contribution in [0.1, 0.15) is 46.5 Å². The second-order valence-electron chi connectivity index (χ2n) is 8.22. The third kappa shape index (κ3) is 2.51. The highest BCUT2D eigenvalue weighted by Gasteiger charge is 2.54. The Hall–Kier alpha value is -1.26. The number of amides is 2. The van der Waals surface area contributed by atoms with Crippen molar-refractivity contribution in [3.05, 3.63) is 0 Å². The number of hydrogen-bond acceptors (Lipinski definition) is 3. The van der Waals surface area contributed by atoms with Gasteiger partial charge in [-0.3, -0.25) is 4.79 Å². The largest absolute Gasteiger partial charge is 0.447 e. The van der Waals surface area contributed by atoms with E-state index in [9.17, 15) is 9.59 Å². The molecule has 1 aliphatic heterocycles. The van der Waals surface area contributed by atoms with Gasteiger partial charge < -0.3 is 15.0 Å². The lowest BCUT2D eigenvalue weighted by Crippen LogP contribution is -2.59. The van der Waals surface area contributed by atoms with Gasteiger partial charge in [-0.05, 0) is 37.0 Å². The molecule has 5 heteroatoms. The first-order valence-corrected chi connectivity index (χ1v) is 7.92. The molecule has 3 rings (SSSR count). The minimum atomic E-state index is -0.346. The van der Waals surface area contributed by atoms with E-state index in [1.54, 1.807) is 0 Å². The zero-order valence-electron chi connectivity index (χ0n) is 13.4. The molecule has 0 radical (unpaired) electrons. The van der Waals surface area contributed by atoms with Gasteiger partial charge in [0, 0.05) is 19.0 Å². The Morgan fingerprint density at radius 1 is 1.33 bits per heavy atom. The molecular weight excluding hydrogens is 268 g/mol. The van der Waals surface area contributed by atoms with E-state index in [1.165, 1.54) is 0 Å². The summed E-state index contributed by atoms with van der Waals surface area (Å²) in [5.41, 5.74) is 0.0815. The first kappa shape index (κ1) is 14.7. The van der Waals surface area contributed by atoms with Crippen molar-refractivity contribution in [3.63, 3.8) is 0 Å². The van der Waals surface area contributed by atoms with Crippen LogP contribution in [0, 0.1) is 17.3 Å². The van der Waals surface area contributed by atoms with Gasteiger partial charge in [0.2, 0.25) is 5.91 Å². The highest BCUT2D eigenvalue weighted by Crippen LogP contribution is 2.45. The summed E-state index contributed by atoms with van der Waals surface area (Å²) in [6.07, 6.45) is 3.32. The molecule has 2 amide bonds. The van der Waals surface area contributed by atoms with Gasteiger partial charge in [0.15, 0.2) is 0 Å². The van der Waals surface area contributed by atoms with E-state index in [4.69, 9.17) is 4.74 Å². The van der Waals surface area contributed by atoms with E-state index in [0.29, 0.717) is 24.0 Å². The summed E-state index contributed by atoms with van der Waals surface area (Å²) >= 11 is 0. The third-order valence-electron chi connectivity index (χ3n) is 5.70. The summed E-state index contributed by atoms with van der Waals surface area (Å²) in [7, 11) is 1.93. The second-order valence-corrected chi connectivity index (χ2v) is 8.22. The molecule has 3 fully saturated rings. The number of carbonyl (C=O) groups is 2. The molecular formula is C16H26N2O3. The number of alkyl carbamates (subject to hydrolysis) is 1. The Balaban J connectivity index is 1.48. The van der Waals surface area contributed by atoms with Crippen LogP contribution in [0.15, 0.2) is 0 Å². The number of cyclic esters (lactones) is 1. The van der Waals surface area contributed by atoms with E-state index in [-0.39, 0.29) is 23.5 Å². The van der Waals surface area contributed by atoms with Crippen LogP contribution >= 0.6 is 0 Å². The molecule has 1 heterocycles. The molecule has 0 aromatic rings. The molecule has 3 aliphatic rings. The van der Waals surface area contributed by atoms with Crippen molar-refractivity contribution in [2.24, 2.45) is 17.3 Å². The van der Waals surface area contributed by atoms with Crippen LogP contribution in [0.3, 0.4) is 0 Å². The summed E-state index contributed by atoms with van der Waals surface area (Å²) in [5.74, 6) is 0.998. The van der Waals surface area contributed by atoms with E-state index < -0.39 is 0 Å². The minimum absolute atomic E-state index is 0.0469. The lowest BCUT2D eigenvalue weighted by atomic mass is 9.64. The molecule has 0 bridgehead atoms. The Bertz CT molecular complexity index is 457. The van der Waals surface area contributed by atoms with Crippen LogP contribution in [0.5, 0.6) is 0 Å². The minimum Gasteiger partial charge on any atom is -0.447 e. The van der Waals surface area contributed by atoms with Gasteiger partial charge in [0.25, 0.3) is 0 Å². The summed E-state index contributed by atoms with van der Waals surface area (Å²) in [5, 5.41) is 2.84. The number of nitrogens with zero attached hydrogens (tertiary/aromatic N) is 1. The fraction of sp³-hybridized carbons (Fsp3) is 0.875. The van der Waals surface area contributed by atoms with Crippen molar-refractivity contribution in [1.29, 1.82) is 0 Å². The quantitative estimate of drug-likeness (QED) is 0.849. The van der Waals surface area contributed by atoms with Crippen molar-refractivity contribution in [1.82, 2.24) is 10.2 Å². The van der Waals surface area contributed by atoms with Crippen LogP contribution in [-0.2, 0) is 9.53 Å². The highest BCUT2D eigenvalue weighted by atomic mass is 16.6. The number of hydrogen-bond donors (Lipinski definition) is 1. The zero-order chi connectivity index (χ0) is 15.4. The van der Waals surface area contributed by atoms with Gasteiger partial charge in [-0.1, -0.05) is 20.8 Å². The van der Waals surface area contributed by atoms with E-state index in [1.807, 2.05) is 11.9 Å². The normalized spacial score (nSPS) is 38.3. The molecule has 1 saturated heterocycles. The van der Waals surface area contributed by atoms with Crippen molar-refractivity contribution >= 4 is 12.0 Å². The predicted octanol–water partition coefficient (Wildman–Crippen LogP) is 2.16. The molecule has 2 aliphatic carbocycles. The van der Waals surface area contributed by atoms with Crippen molar-refractivity contribution < 1.29 is 14.3 Å². The average Bonchev–Trinajstić information content (AvgIpc) is 2.64. The Kier molecular flexibility index (Phi) is 3.22. The molecule has 0 atom stereocenters. The van der Waals surface area contributed by atoms with Crippen LogP contribution in [0.2, 0.25) is 0 Å². The van der Waals surface area contributed by atoms with E-state index in [2.05, 4.69) is 26.1 Å². The lowest BCUT2D eigenvalue weighted by Gasteiger charge is -2.50. The predicted molar refractivity (Wildman–Crippen MR) is 78.7 cm³/mol. The molecule has 118 valence electrons. The van der Waals surface area contributed by atoms with Crippen LogP contribution in [-0.4, -0.2) is 42.1 Å². The van der Waals surface area contributed by atoms with Gasteiger partial charge in [0.1, 0.15) is 6.61 Å². The highest BCUT2D eigenvalue weighted by molar-refractivity contribution is 5.81. The topological polar surface area (TPSA) is 58.6 Å². The number of rotatable bonds is 2. The Labute approximate surface area is 126 Å². The van der Waals surface area contributed by atoms with Gasteiger partial charge in [-0.25, -0.2) is 4.79 Å². The van der Waals surface area contributed by atoms with Crippen LogP contribution in [0.25, 0.3) is 0 Å². The van der Waals surface area contributed by atoms with Gasteiger partial charge >= 0.3 is 6.09 Å². The molecule has 1 spiro atoms. The second kappa shape index (κ2) is 4.62. The molecule has 0 unspecified atom stereocenters. The summed E-state index contributed by atoms with van der Waals surface area (Å²) in [6.45, 7) is 7.23. The van der Waals surface area contributed by atoms with Gasteiger partial charge in [0.05, 0.1) is 5.54 Å². The third-order valence-corrected chi connectivity index (χ3v) is 5.70. The maximum Gasteiger partial charge on any atom is 0.407 e. The van der Waals surface area contributed by atoms with Gasteiger partial charge in [-0.15, -0.1) is 0 Å². The van der Waals surface area contributed by atoms with Gasteiger partial charge in [-0.2, -0.15) is 0 Å². The van der Waals surface area contributed by atoms with Crippen LogP contribution < -0.4 is 5.32 Å². The fourth-order valence-electron chi connectivity index (χ4n) is 3.85. The maximum absolute atomic E-state index is 12.5. The van der Waals surface area contributed by atoms with Crippen molar-refractivity contribution in [2.45, 2.75) is 58.0 Å². The maximum atomic E-state index is 12.5. The molecule has 0 aromatic carbocycles. The number of nitrogens with one attached hydrogen (secondary N) is 1. The molecule has 5 nitrogen and oxygen atoms in total. The molecule has 0 aromatic heterocycles. The van der Waals surface area contributed by atoms with E-state index >= 15 is 0 Å². The van der Waals surface area contributed by atoms with Crippen molar-refractivity contribution in [3.8, 4) is 0 Å². The molecule has 2 saturated carbocycles. The molecule has 1 N–H and O–H groups in total. The van der Waals surface area contributed by atoms with Crippen molar-refractivity contribution in [2.75, 3.05) is 13.7 Å². The summed E-state index contributed by atoms with van der Waals surface area (Å²) < 4.78 is 4.96. The first-order valence-electron chi connectivity index (χ1n) is 7.92. The summed E-state index contributed by atoms with van der Waals surface area (Å²) in [4.78, 5) is 25.6.